The Bertz CT molecular complexity index is 378. The first-order chi connectivity index (χ1) is 7.03. The summed E-state index contributed by atoms with van der Waals surface area (Å²) in [6, 6.07) is 5.57. The zero-order chi connectivity index (χ0) is 11.1. The third-order valence-electron chi connectivity index (χ3n) is 3.28. The molecular weight excluding hydrogens is 323 g/mol. The lowest BCUT2D eigenvalue weighted by atomic mass is 9.81. The minimum atomic E-state index is -0.0957. The van der Waals surface area contributed by atoms with Crippen LogP contribution >= 0.6 is 31.9 Å². The van der Waals surface area contributed by atoms with E-state index < -0.39 is 0 Å². The van der Waals surface area contributed by atoms with E-state index in [1.165, 1.54) is 0 Å². The van der Waals surface area contributed by atoms with Gasteiger partial charge in [-0.3, -0.25) is 0 Å². The van der Waals surface area contributed by atoms with E-state index in [9.17, 15) is 4.39 Å². The first-order valence-corrected chi connectivity index (χ1v) is 6.82. The van der Waals surface area contributed by atoms with Crippen LogP contribution in [0.1, 0.15) is 31.7 Å². The summed E-state index contributed by atoms with van der Waals surface area (Å²) in [5.41, 5.74) is 0.834. The average molecular weight is 336 g/mol. The van der Waals surface area contributed by atoms with Crippen LogP contribution in [0.4, 0.5) is 4.39 Å². The molecule has 0 aliphatic heterocycles. The van der Waals surface area contributed by atoms with E-state index in [-0.39, 0.29) is 11.2 Å². The summed E-state index contributed by atoms with van der Waals surface area (Å²) < 4.78 is 14.5. The molecule has 0 aromatic heterocycles. The molecule has 0 spiro atoms. The molecule has 1 aliphatic carbocycles. The molecular formula is C12H13Br2F. The van der Waals surface area contributed by atoms with Crippen LogP contribution in [-0.2, 0) is 5.41 Å². The van der Waals surface area contributed by atoms with Crippen LogP contribution in [0.2, 0.25) is 0 Å². The lowest BCUT2D eigenvalue weighted by molar-refractivity contribution is 0.457. The summed E-state index contributed by atoms with van der Waals surface area (Å²) in [6.07, 6.45) is 3.19. The van der Waals surface area contributed by atoms with Gasteiger partial charge in [0.1, 0.15) is 5.82 Å². The lowest BCUT2D eigenvalue weighted by Gasteiger charge is -2.25. The molecule has 0 saturated heterocycles. The fourth-order valence-electron chi connectivity index (χ4n) is 2.38. The second-order valence-corrected chi connectivity index (χ2v) is 6.65. The maximum Gasteiger partial charge on any atom is 0.141 e. The Morgan fingerprint density at radius 2 is 2.20 bits per heavy atom. The van der Waals surface area contributed by atoms with E-state index in [0.29, 0.717) is 9.30 Å². The van der Waals surface area contributed by atoms with Crippen molar-refractivity contribution in [3.05, 3.63) is 34.1 Å². The highest BCUT2D eigenvalue weighted by atomic mass is 79.9. The Kier molecular flexibility index (Phi) is 3.22. The lowest BCUT2D eigenvalue weighted by Crippen LogP contribution is -2.19. The van der Waals surface area contributed by atoms with Crippen molar-refractivity contribution in [3.63, 3.8) is 0 Å². The Hall–Kier alpha value is 0.110. The van der Waals surface area contributed by atoms with Gasteiger partial charge in [-0.1, -0.05) is 35.0 Å². The van der Waals surface area contributed by atoms with Crippen LogP contribution in [0.25, 0.3) is 0 Å². The SMILES string of the molecule is CC1(c2cccc(Br)c2F)CCC(Br)C1. The van der Waals surface area contributed by atoms with Gasteiger partial charge in [0.15, 0.2) is 0 Å². The molecule has 1 aliphatic rings. The monoisotopic (exact) mass is 334 g/mol. The van der Waals surface area contributed by atoms with Crippen molar-refractivity contribution in [3.8, 4) is 0 Å². The number of hydrogen-bond acceptors (Lipinski definition) is 0. The van der Waals surface area contributed by atoms with Crippen LogP contribution in [0, 0.1) is 5.82 Å². The number of benzene rings is 1. The fraction of sp³-hybridized carbons (Fsp3) is 0.500. The standard InChI is InChI=1S/C12H13Br2F/c1-12(6-5-8(13)7-12)9-3-2-4-10(14)11(9)15/h2-4,8H,5-7H2,1H3. The minimum absolute atomic E-state index is 0.0119. The van der Waals surface area contributed by atoms with Gasteiger partial charge in [-0.25, -0.2) is 4.39 Å². The zero-order valence-corrected chi connectivity index (χ0v) is 11.7. The van der Waals surface area contributed by atoms with Gasteiger partial charge < -0.3 is 0 Å². The molecule has 1 fully saturated rings. The molecule has 0 bridgehead atoms. The molecule has 0 radical (unpaired) electrons. The van der Waals surface area contributed by atoms with Crippen molar-refractivity contribution in [2.45, 2.75) is 36.4 Å². The zero-order valence-electron chi connectivity index (χ0n) is 8.56. The number of rotatable bonds is 1. The molecule has 0 heterocycles. The smallest absolute Gasteiger partial charge is 0.141 e. The van der Waals surface area contributed by atoms with E-state index in [1.807, 2.05) is 12.1 Å². The molecule has 3 heteroatoms. The van der Waals surface area contributed by atoms with Crippen molar-refractivity contribution in [1.82, 2.24) is 0 Å². The van der Waals surface area contributed by atoms with E-state index in [4.69, 9.17) is 0 Å². The first-order valence-electron chi connectivity index (χ1n) is 5.11. The van der Waals surface area contributed by atoms with Crippen molar-refractivity contribution >= 4 is 31.9 Å². The quantitative estimate of drug-likeness (QED) is 0.647. The number of alkyl halides is 1. The average Bonchev–Trinajstić information content (AvgIpc) is 2.52. The highest BCUT2D eigenvalue weighted by molar-refractivity contribution is 9.10. The summed E-state index contributed by atoms with van der Waals surface area (Å²) >= 11 is 6.87. The first kappa shape index (κ1) is 11.6. The van der Waals surface area contributed by atoms with Gasteiger partial charge in [-0.15, -0.1) is 0 Å². The molecule has 15 heavy (non-hydrogen) atoms. The summed E-state index contributed by atoms with van der Waals surface area (Å²) in [6.45, 7) is 2.15. The highest BCUT2D eigenvalue weighted by Crippen LogP contribution is 2.45. The minimum Gasteiger partial charge on any atom is -0.205 e. The molecule has 0 nitrogen and oxygen atoms in total. The highest BCUT2D eigenvalue weighted by Gasteiger charge is 2.37. The summed E-state index contributed by atoms with van der Waals surface area (Å²) in [5, 5.41) is 0. The Morgan fingerprint density at radius 1 is 1.47 bits per heavy atom. The van der Waals surface area contributed by atoms with Crippen molar-refractivity contribution in [1.29, 1.82) is 0 Å². The summed E-state index contributed by atoms with van der Waals surface area (Å²) in [7, 11) is 0. The third-order valence-corrected chi connectivity index (χ3v) is 4.68. The largest absolute Gasteiger partial charge is 0.205 e. The second-order valence-electron chi connectivity index (χ2n) is 4.50. The maximum atomic E-state index is 14.0. The van der Waals surface area contributed by atoms with E-state index in [2.05, 4.69) is 38.8 Å². The van der Waals surface area contributed by atoms with Gasteiger partial charge >= 0.3 is 0 Å². The molecule has 2 atom stereocenters. The Balaban J connectivity index is 2.41. The molecule has 1 aromatic rings. The van der Waals surface area contributed by atoms with Gasteiger partial charge in [-0.2, -0.15) is 0 Å². The predicted molar refractivity (Wildman–Crippen MR) is 68.0 cm³/mol. The van der Waals surface area contributed by atoms with Gasteiger partial charge in [0.2, 0.25) is 0 Å². The van der Waals surface area contributed by atoms with Gasteiger partial charge in [-0.05, 0) is 52.2 Å². The van der Waals surface area contributed by atoms with Crippen molar-refractivity contribution in [2.75, 3.05) is 0 Å². The molecule has 0 N–H and O–H groups in total. The number of hydrogen-bond donors (Lipinski definition) is 0. The Morgan fingerprint density at radius 3 is 2.80 bits per heavy atom. The van der Waals surface area contributed by atoms with E-state index in [0.717, 1.165) is 24.8 Å². The Labute approximate surface area is 107 Å². The van der Waals surface area contributed by atoms with Crippen molar-refractivity contribution in [2.24, 2.45) is 0 Å². The number of halogens is 3. The van der Waals surface area contributed by atoms with Gasteiger partial charge in [0.05, 0.1) is 4.47 Å². The normalized spacial score (nSPS) is 30.8. The maximum absolute atomic E-state index is 14.0. The van der Waals surface area contributed by atoms with Crippen LogP contribution in [0.5, 0.6) is 0 Å². The topological polar surface area (TPSA) is 0 Å². The van der Waals surface area contributed by atoms with Crippen LogP contribution < -0.4 is 0 Å². The summed E-state index contributed by atoms with van der Waals surface area (Å²) in [4.78, 5) is 0.529. The van der Waals surface area contributed by atoms with Crippen molar-refractivity contribution < 1.29 is 4.39 Å². The molecule has 1 saturated carbocycles. The van der Waals surface area contributed by atoms with E-state index >= 15 is 0 Å². The molecule has 2 rings (SSSR count). The van der Waals surface area contributed by atoms with E-state index in [1.54, 1.807) is 6.07 Å². The van der Waals surface area contributed by atoms with Crippen LogP contribution in [-0.4, -0.2) is 4.83 Å². The second kappa shape index (κ2) is 4.17. The molecule has 1 aromatic carbocycles. The van der Waals surface area contributed by atoms with Gasteiger partial charge in [0.25, 0.3) is 0 Å². The molecule has 0 amide bonds. The van der Waals surface area contributed by atoms with Crippen LogP contribution in [0.3, 0.4) is 0 Å². The van der Waals surface area contributed by atoms with Crippen LogP contribution in [0.15, 0.2) is 22.7 Å². The molecule has 82 valence electrons. The third kappa shape index (κ3) is 2.14. The fourth-order valence-corrected chi connectivity index (χ4v) is 3.69. The molecule has 2 unspecified atom stereocenters. The van der Waals surface area contributed by atoms with Gasteiger partial charge in [0, 0.05) is 4.83 Å². The predicted octanol–water partition coefficient (Wildman–Crippen LogP) is 4.79. The summed E-state index contributed by atoms with van der Waals surface area (Å²) in [5.74, 6) is -0.0957.